The summed E-state index contributed by atoms with van der Waals surface area (Å²) in [5.74, 6) is 0. The molecular weight excluding hydrogens is 190 g/mol. The van der Waals surface area contributed by atoms with E-state index in [0.29, 0.717) is 6.54 Å². The zero-order chi connectivity index (χ0) is 10.7. The summed E-state index contributed by atoms with van der Waals surface area (Å²) in [5.41, 5.74) is 7.72. The van der Waals surface area contributed by atoms with Crippen molar-refractivity contribution in [2.24, 2.45) is 12.8 Å². The molecule has 2 heterocycles. The van der Waals surface area contributed by atoms with Crippen molar-refractivity contribution in [3.8, 4) is 0 Å². The van der Waals surface area contributed by atoms with Gasteiger partial charge in [0.15, 0.2) is 0 Å². The van der Waals surface area contributed by atoms with Crippen molar-refractivity contribution in [2.45, 2.75) is 13.0 Å². The van der Waals surface area contributed by atoms with Crippen molar-refractivity contribution in [1.29, 1.82) is 0 Å². The zero-order valence-corrected chi connectivity index (χ0v) is 8.80. The third kappa shape index (κ3) is 2.24. The summed E-state index contributed by atoms with van der Waals surface area (Å²) < 4.78 is 3.88. The number of hydrogen-bond donors (Lipinski definition) is 1. The minimum absolute atomic E-state index is 0.647. The molecule has 0 amide bonds. The average molecular weight is 205 g/mol. The molecule has 2 aromatic rings. The molecular formula is C10H15N5. The highest BCUT2D eigenvalue weighted by molar-refractivity contribution is 5.05. The quantitative estimate of drug-likeness (QED) is 0.773. The van der Waals surface area contributed by atoms with E-state index >= 15 is 0 Å². The molecule has 0 radical (unpaired) electrons. The molecule has 2 N–H and O–H groups in total. The van der Waals surface area contributed by atoms with Crippen LogP contribution in [-0.2, 0) is 20.0 Å². The SMILES string of the molecule is Cn1ccc(Cn2cncc2CCN)n1. The van der Waals surface area contributed by atoms with Gasteiger partial charge in [-0.15, -0.1) is 0 Å². The third-order valence-corrected chi connectivity index (χ3v) is 2.30. The first-order valence-corrected chi connectivity index (χ1v) is 4.97. The zero-order valence-electron chi connectivity index (χ0n) is 8.80. The average Bonchev–Trinajstić information content (AvgIpc) is 2.78. The number of nitrogens with zero attached hydrogens (tertiary/aromatic N) is 4. The standard InChI is InChI=1S/C10H15N5/c1-14-5-3-9(13-14)7-15-8-12-6-10(15)2-4-11/h3,5-6,8H,2,4,7,11H2,1H3. The number of hydrogen-bond acceptors (Lipinski definition) is 3. The van der Waals surface area contributed by atoms with E-state index in [1.54, 1.807) is 4.68 Å². The second-order valence-electron chi connectivity index (χ2n) is 3.53. The van der Waals surface area contributed by atoms with Gasteiger partial charge in [-0.05, 0) is 12.6 Å². The van der Waals surface area contributed by atoms with Crippen LogP contribution in [0.4, 0.5) is 0 Å². The fraction of sp³-hybridized carbons (Fsp3) is 0.400. The van der Waals surface area contributed by atoms with Crippen LogP contribution in [0, 0.1) is 0 Å². The summed E-state index contributed by atoms with van der Waals surface area (Å²) in [6, 6.07) is 2.01. The van der Waals surface area contributed by atoms with Crippen LogP contribution in [0.15, 0.2) is 24.8 Å². The summed E-state index contributed by atoms with van der Waals surface area (Å²) in [4.78, 5) is 4.12. The topological polar surface area (TPSA) is 61.7 Å². The molecule has 0 aliphatic heterocycles. The smallest absolute Gasteiger partial charge is 0.0951 e. The third-order valence-electron chi connectivity index (χ3n) is 2.30. The van der Waals surface area contributed by atoms with Crippen molar-refractivity contribution >= 4 is 0 Å². The first-order valence-electron chi connectivity index (χ1n) is 4.97. The molecule has 0 bridgehead atoms. The predicted molar refractivity (Wildman–Crippen MR) is 57.3 cm³/mol. The van der Waals surface area contributed by atoms with Gasteiger partial charge < -0.3 is 10.3 Å². The van der Waals surface area contributed by atoms with Crippen LogP contribution in [0.25, 0.3) is 0 Å². The molecule has 2 aromatic heterocycles. The normalized spacial score (nSPS) is 10.8. The molecule has 0 atom stereocenters. The fourth-order valence-electron chi connectivity index (χ4n) is 1.57. The highest BCUT2D eigenvalue weighted by Gasteiger charge is 2.03. The number of imidazole rings is 1. The van der Waals surface area contributed by atoms with Gasteiger partial charge in [-0.3, -0.25) is 4.68 Å². The van der Waals surface area contributed by atoms with E-state index in [9.17, 15) is 0 Å². The Bertz CT molecular complexity index is 428. The van der Waals surface area contributed by atoms with Gasteiger partial charge in [-0.25, -0.2) is 4.98 Å². The number of rotatable bonds is 4. The molecule has 0 aromatic carbocycles. The number of nitrogens with two attached hydrogens (primary N) is 1. The van der Waals surface area contributed by atoms with E-state index in [2.05, 4.69) is 14.6 Å². The lowest BCUT2D eigenvalue weighted by Crippen LogP contribution is -2.09. The number of aryl methyl sites for hydroxylation is 1. The summed E-state index contributed by atoms with van der Waals surface area (Å²) in [6.45, 7) is 1.41. The van der Waals surface area contributed by atoms with Crippen molar-refractivity contribution in [1.82, 2.24) is 19.3 Å². The molecule has 0 saturated carbocycles. The Labute approximate surface area is 88.5 Å². The maximum atomic E-state index is 5.53. The van der Waals surface area contributed by atoms with E-state index < -0.39 is 0 Å². The summed E-state index contributed by atoms with van der Waals surface area (Å²) in [5, 5.41) is 4.32. The molecule has 0 unspecified atom stereocenters. The van der Waals surface area contributed by atoms with Crippen molar-refractivity contribution < 1.29 is 0 Å². The molecule has 0 aliphatic carbocycles. The molecule has 80 valence electrons. The Morgan fingerprint density at radius 3 is 3.00 bits per heavy atom. The maximum absolute atomic E-state index is 5.53. The van der Waals surface area contributed by atoms with Crippen LogP contribution in [0.2, 0.25) is 0 Å². The fourth-order valence-corrected chi connectivity index (χ4v) is 1.57. The molecule has 0 fully saturated rings. The van der Waals surface area contributed by atoms with Crippen LogP contribution >= 0.6 is 0 Å². The lowest BCUT2D eigenvalue weighted by molar-refractivity contribution is 0.683. The van der Waals surface area contributed by atoms with Gasteiger partial charge in [0.1, 0.15) is 0 Å². The Hall–Kier alpha value is -1.62. The van der Waals surface area contributed by atoms with E-state index in [0.717, 1.165) is 24.4 Å². The van der Waals surface area contributed by atoms with E-state index in [-0.39, 0.29) is 0 Å². The van der Waals surface area contributed by atoms with E-state index in [4.69, 9.17) is 5.73 Å². The first kappa shape index (κ1) is 9.92. The molecule has 0 spiro atoms. The van der Waals surface area contributed by atoms with Gasteiger partial charge in [-0.1, -0.05) is 0 Å². The van der Waals surface area contributed by atoms with Crippen LogP contribution in [0.5, 0.6) is 0 Å². The minimum Gasteiger partial charge on any atom is -0.330 e. The second kappa shape index (κ2) is 4.27. The van der Waals surface area contributed by atoms with Crippen LogP contribution in [0.1, 0.15) is 11.4 Å². The molecule has 15 heavy (non-hydrogen) atoms. The monoisotopic (exact) mass is 205 g/mol. The van der Waals surface area contributed by atoms with Gasteiger partial charge in [-0.2, -0.15) is 5.10 Å². The summed E-state index contributed by atoms with van der Waals surface area (Å²) >= 11 is 0. The molecule has 0 aliphatic rings. The Morgan fingerprint density at radius 1 is 1.47 bits per heavy atom. The lowest BCUT2D eigenvalue weighted by atomic mass is 10.3. The molecule has 2 rings (SSSR count). The Balaban J connectivity index is 2.13. The molecule has 5 nitrogen and oxygen atoms in total. The largest absolute Gasteiger partial charge is 0.330 e. The summed E-state index contributed by atoms with van der Waals surface area (Å²) in [6.07, 6.45) is 6.47. The van der Waals surface area contributed by atoms with Crippen LogP contribution in [0.3, 0.4) is 0 Å². The van der Waals surface area contributed by atoms with Crippen LogP contribution < -0.4 is 5.73 Å². The predicted octanol–water partition coefficient (Wildman–Crippen LogP) is 0.166. The van der Waals surface area contributed by atoms with E-state index in [1.807, 2.05) is 31.8 Å². The van der Waals surface area contributed by atoms with Gasteiger partial charge in [0.25, 0.3) is 0 Å². The number of aromatic nitrogens is 4. The van der Waals surface area contributed by atoms with Gasteiger partial charge in [0.2, 0.25) is 0 Å². The van der Waals surface area contributed by atoms with Gasteiger partial charge >= 0.3 is 0 Å². The molecule has 5 heteroatoms. The highest BCUT2D eigenvalue weighted by Crippen LogP contribution is 2.04. The van der Waals surface area contributed by atoms with Gasteiger partial charge in [0.05, 0.1) is 18.6 Å². The van der Waals surface area contributed by atoms with Gasteiger partial charge in [0, 0.05) is 31.6 Å². The first-order chi connectivity index (χ1) is 7.29. The lowest BCUT2D eigenvalue weighted by Gasteiger charge is -2.04. The Kier molecular flexibility index (Phi) is 2.82. The minimum atomic E-state index is 0.647. The van der Waals surface area contributed by atoms with E-state index in [1.165, 1.54) is 0 Å². The Morgan fingerprint density at radius 2 is 2.33 bits per heavy atom. The molecule has 0 saturated heterocycles. The van der Waals surface area contributed by atoms with Crippen molar-refractivity contribution in [3.63, 3.8) is 0 Å². The van der Waals surface area contributed by atoms with Crippen LogP contribution in [-0.4, -0.2) is 25.9 Å². The van der Waals surface area contributed by atoms with Crippen molar-refractivity contribution in [2.75, 3.05) is 6.54 Å². The highest BCUT2D eigenvalue weighted by atomic mass is 15.3. The maximum Gasteiger partial charge on any atom is 0.0951 e. The summed E-state index contributed by atoms with van der Waals surface area (Å²) in [7, 11) is 1.91. The second-order valence-corrected chi connectivity index (χ2v) is 3.53. The van der Waals surface area contributed by atoms with Crippen molar-refractivity contribution in [3.05, 3.63) is 36.2 Å².